The van der Waals surface area contributed by atoms with E-state index in [-0.39, 0.29) is 0 Å². The van der Waals surface area contributed by atoms with Gasteiger partial charge >= 0.3 is 0 Å². The summed E-state index contributed by atoms with van der Waals surface area (Å²) in [7, 11) is 0. The third-order valence-electron chi connectivity index (χ3n) is 3.05. The Hall–Kier alpha value is -1.94. The largest absolute Gasteiger partial charge is 0.366 e. The first-order valence-electron chi connectivity index (χ1n) is 6.58. The Bertz CT molecular complexity index is 552. The summed E-state index contributed by atoms with van der Waals surface area (Å²) in [6.07, 6.45) is 0.914. The first-order chi connectivity index (χ1) is 9.22. The Labute approximate surface area is 114 Å². The van der Waals surface area contributed by atoms with Gasteiger partial charge in [-0.25, -0.2) is 9.97 Å². The van der Waals surface area contributed by atoms with Crippen molar-refractivity contribution in [1.82, 2.24) is 9.97 Å². The summed E-state index contributed by atoms with van der Waals surface area (Å²) < 4.78 is 0. The van der Waals surface area contributed by atoms with Gasteiger partial charge in [-0.15, -0.1) is 0 Å². The van der Waals surface area contributed by atoms with Gasteiger partial charge in [-0.3, -0.25) is 0 Å². The molecule has 0 saturated carbocycles. The predicted octanol–water partition coefficient (Wildman–Crippen LogP) is 2.42. The first-order valence-corrected chi connectivity index (χ1v) is 6.58. The van der Waals surface area contributed by atoms with Crippen molar-refractivity contribution in [2.75, 3.05) is 5.32 Å². The van der Waals surface area contributed by atoms with E-state index in [4.69, 9.17) is 5.73 Å². The highest BCUT2D eigenvalue weighted by atomic mass is 15.0. The van der Waals surface area contributed by atoms with E-state index >= 15 is 0 Å². The van der Waals surface area contributed by atoms with Crippen molar-refractivity contribution in [3.05, 3.63) is 53.0 Å². The van der Waals surface area contributed by atoms with Gasteiger partial charge in [0, 0.05) is 24.8 Å². The molecule has 3 N–H and O–H groups in total. The van der Waals surface area contributed by atoms with Gasteiger partial charge in [0.25, 0.3) is 0 Å². The highest BCUT2D eigenvalue weighted by molar-refractivity contribution is 5.38. The highest BCUT2D eigenvalue weighted by Crippen LogP contribution is 2.12. The van der Waals surface area contributed by atoms with E-state index < -0.39 is 0 Å². The first kappa shape index (κ1) is 13.5. The van der Waals surface area contributed by atoms with Crippen LogP contribution in [0.4, 0.5) is 5.82 Å². The predicted molar refractivity (Wildman–Crippen MR) is 77.8 cm³/mol. The summed E-state index contributed by atoms with van der Waals surface area (Å²) >= 11 is 0. The molecular formula is C15H20N4. The molecule has 100 valence electrons. The monoisotopic (exact) mass is 256 g/mol. The fourth-order valence-corrected chi connectivity index (χ4v) is 2.02. The smallest absolute Gasteiger partial charge is 0.130 e. The van der Waals surface area contributed by atoms with Crippen LogP contribution >= 0.6 is 0 Å². The molecule has 0 unspecified atom stereocenters. The number of nitrogens with zero attached hydrogens (tertiary/aromatic N) is 2. The van der Waals surface area contributed by atoms with Crippen molar-refractivity contribution in [1.29, 1.82) is 0 Å². The highest BCUT2D eigenvalue weighted by Gasteiger charge is 2.03. The van der Waals surface area contributed by atoms with E-state index in [1.165, 1.54) is 5.56 Å². The van der Waals surface area contributed by atoms with Gasteiger partial charge < -0.3 is 11.1 Å². The van der Waals surface area contributed by atoms with Crippen LogP contribution in [0.15, 0.2) is 30.3 Å². The minimum atomic E-state index is 0.556. The van der Waals surface area contributed by atoms with Gasteiger partial charge in [-0.05, 0) is 24.5 Å². The lowest BCUT2D eigenvalue weighted by Gasteiger charge is -2.10. The van der Waals surface area contributed by atoms with Crippen molar-refractivity contribution < 1.29 is 0 Å². The fourth-order valence-electron chi connectivity index (χ4n) is 2.02. The van der Waals surface area contributed by atoms with Crippen LogP contribution < -0.4 is 11.1 Å². The molecule has 0 saturated heterocycles. The quantitative estimate of drug-likeness (QED) is 0.862. The number of aromatic nitrogens is 2. The molecule has 1 aromatic heterocycles. The molecule has 4 nitrogen and oxygen atoms in total. The molecule has 1 heterocycles. The van der Waals surface area contributed by atoms with Crippen molar-refractivity contribution in [2.24, 2.45) is 5.73 Å². The Balaban J connectivity index is 2.12. The van der Waals surface area contributed by atoms with E-state index in [9.17, 15) is 0 Å². The summed E-state index contributed by atoms with van der Waals surface area (Å²) in [6.45, 7) is 5.29. The van der Waals surface area contributed by atoms with Crippen LogP contribution in [0.25, 0.3) is 0 Å². The Morgan fingerprint density at radius 3 is 2.58 bits per heavy atom. The van der Waals surface area contributed by atoms with Crippen LogP contribution in [-0.4, -0.2) is 9.97 Å². The molecule has 0 bridgehead atoms. The molecule has 0 aliphatic heterocycles. The third-order valence-corrected chi connectivity index (χ3v) is 3.05. The zero-order chi connectivity index (χ0) is 13.7. The minimum Gasteiger partial charge on any atom is -0.366 e. The Kier molecular flexibility index (Phi) is 4.47. The molecule has 2 aromatic rings. The SMILES string of the molecule is CCc1cc(NCc2ccccc2CN)nc(C)n1. The lowest BCUT2D eigenvalue weighted by atomic mass is 10.1. The molecule has 0 aliphatic rings. The molecule has 1 aromatic carbocycles. The van der Waals surface area contributed by atoms with Crippen LogP contribution in [0.1, 0.15) is 29.6 Å². The molecule has 0 radical (unpaired) electrons. The second-order valence-electron chi connectivity index (χ2n) is 4.47. The van der Waals surface area contributed by atoms with Crippen LogP contribution in [0.5, 0.6) is 0 Å². The molecular weight excluding hydrogens is 236 g/mol. The summed E-state index contributed by atoms with van der Waals surface area (Å²) in [5.74, 6) is 1.67. The maximum Gasteiger partial charge on any atom is 0.130 e. The average molecular weight is 256 g/mol. The summed E-state index contributed by atoms with van der Waals surface area (Å²) in [4.78, 5) is 8.77. The standard InChI is InChI=1S/C15H20N4/c1-3-14-8-15(19-11(2)18-14)17-10-13-7-5-4-6-12(13)9-16/h4-8H,3,9-10,16H2,1-2H3,(H,17,18,19). The van der Waals surface area contributed by atoms with E-state index in [1.807, 2.05) is 25.1 Å². The molecule has 0 atom stereocenters. The van der Waals surface area contributed by atoms with Gasteiger partial charge in [0.2, 0.25) is 0 Å². The second-order valence-corrected chi connectivity index (χ2v) is 4.47. The van der Waals surface area contributed by atoms with Crippen molar-refractivity contribution in [3.8, 4) is 0 Å². The molecule has 0 aliphatic carbocycles. The van der Waals surface area contributed by atoms with Gasteiger partial charge in [-0.2, -0.15) is 0 Å². The van der Waals surface area contributed by atoms with Gasteiger partial charge in [0.1, 0.15) is 11.6 Å². The number of nitrogens with one attached hydrogen (secondary N) is 1. The maximum atomic E-state index is 5.74. The third kappa shape index (κ3) is 3.51. The lowest BCUT2D eigenvalue weighted by molar-refractivity contribution is 0.936. The number of hydrogen-bond acceptors (Lipinski definition) is 4. The molecule has 0 amide bonds. The number of hydrogen-bond donors (Lipinski definition) is 2. The van der Waals surface area contributed by atoms with Crippen LogP contribution in [0, 0.1) is 6.92 Å². The van der Waals surface area contributed by atoms with Crippen LogP contribution in [0.3, 0.4) is 0 Å². The molecule has 4 heteroatoms. The molecule has 0 spiro atoms. The van der Waals surface area contributed by atoms with E-state index in [0.29, 0.717) is 6.54 Å². The lowest BCUT2D eigenvalue weighted by Crippen LogP contribution is -2.08. The number of nitrogens with two attached hydrogens (primary N) is 1. The summed E-state index contributed by atoms with van der Waals surface area (Å²) in [5.41, 5.74) is 9.16. The average Bonchev–Trinajstić information content (AvgIpc) is 2.44. The normalized spacial score (nSPS) is 10.5. The van der Waals surface area contributed by atoms with Crippen LogP contribution in [-0.2, 0) is 19.5 Å². The minimum absolute atomic E-state index is 0.556. The van der Waals surface area contributed by atoms with E-state index in [0.717, 1.165) is 35.9 Å². The summed E-state index contributed by atoms with van der Waals surface area (Å²) in [6, 6.07) is 10.2. The van der Waals surface area contributed by atoms with E-state index in [2.05, 4.69) is 34.3 Å². The van der Waals surface area contributed by atoms with E-state index in [1.54, 1.807) is 0 Å². The topological polar surface area (TPSA) is 63.8 Å². The number of benzene rings is 1. The van der Waals surface area contributed by atoms with Crippen molar-refractivity contribution in [3.63, 3.8) is 0 Å². The fraction of sp³-hybridized carbons (Fsp3) is 0.333. The Morgan fingerprint density at radius 2 is 1.89 bits per heavy atom. The molecule has 2 rings (SSSR count). The van der Waals surface area contributed by atoms with Gasteiger partial charge in [-0.1, -0.05) is 31.2 Å². The number of rotatable bonds is 5. The second kappa shape index (κ2) is 6.29. The summed E-state index contributed by atoms with van der Waals surface area (Å²) in [5, 5.41) is 3.34. The van der Waals surface area contributed by atoms with Crippen molar-refractivity contribution >= 4 is 5.82 Å². The molecule has 19 heavy (non-hydrogen) atoms. The maximum absolute atomic E-state index is 5.74. The van der Waals surface area contributed by atoms with Crippen molar-refractivity contribution in [2.45, 2.75) is 33.4 Å². The molecule has 0 fully saturated rings. The number of aryl methyl sites for hydroxylation is 2. The zero-order valence-electron chi connectivity index (χ0n) is 11.5. The Morgan fingerprint density at radius 1 is 1.16 bits per heavy atom. The van der Waals surface area contributed by atoms with Crippen LogP contribution in [0.2, 0.25) is 0 Å². The van der Waals surface area contributed by atoms with Gasteiger partial charge in [0.15, 0.2) is 0 Å². The zero-order valence-corrected chi connectivity index (χ0v) is 11.5. The number of anilines is 1. The van der Waals surface area contributed by atoms with Gasteiger partial charge in [0.05, 0.1) is 0 Å².